The van der Waals surface area contributed by atoms with Crippen LogP contribution in [-0.4, -0.2) is 58.2 Å². The Morgan fingerprint density at radius 2 is 1.72 bits per heavy atom. The molecule has 2 aliphatic rings. The van der Waals surface area contributed by atoms with Gasteiger partial charge in [0.1, 0.15) is 29.1 Å². The van der Waals surface area contributed by atoms with E-state index in [9.17, 15) is 19.2 Å². The first kappa shape index (κ1) is 27.3. The predicted molar refractivity (Wildman–Crippen MR) is 131 cm³/mol. The van der Waals surface area contributed by atoms with Crippen molar-refractivity contribution in [3.05, 3.63) is 29.3 Å². The molecule has 0 saturated heterocycles. The molecule has 0 spiro atoms. The molecule has 198 valence electrons. The summed E-state index contributed by atoms with van der Waals surface area (Å²) in [6.07, 6.45) is 0.841. The van der Waals surface area contributed by atoms with E-state index in [-0.39, 0.29) is 37.4 Å². The molecule has 0 bridgehead atoms. The number of hydrogen-bond acceptors (Lipinski definition) is 7. The van der Waals surface area contributed by atoms with Crippen LogP contribution in [0.15, 0.2) is 18.2 Å². The SMILES string of the molecule is CC(C)(C)OC(=O)CCC(C(N)=O)N1Cc2cc(OC3CC(NC(=O)OC(C)(C)C)C3)ccc2C1=O. The van der Waals surface area contributed by atoms with Gasteiger partial charge in [0.05, 0.1) is 0 Å². The summed E-state index contributed by atoms with van der Waals surface area (Å²) in [6.45, 7) is 10.9. The van der Waals surface area contributed by atoms with E-state index in [1.165, 1.54) is 4.90 Å². The lowest BCUT2D eigenvalue weighted by molar-refractivity contribution is -0.155. The molecule has 10 heteroatoms. The fourth-order valence-electron chi connectivity index (χ4n) is 4.19. The highest BCUT2D eigenvalue weighted by Crippen LogP contribution is 2.32. The molecule has 3 N–H and O–H groups in total. The number of nitrogens with one attached hydrogen (secondary N) is 1. The summed E-state index contributed by atoms with van der Waals surface area (Å²) in [5.41, 5.74) is 5.59. The number of esters is 1. The van der Waals surface area contributed by atoms with Crippen molar-refractivity contribution in [3.63, 3.8) is 0 Å². The lowest BCUT2D eigenvalue weighted by atomic mass is 9.89. The lowest BCUT2D eigenvalue weighted by Crippen LogP contribution is -2.50. The second-order valence-electron chi connectivity index (χ2n) is 11.3. The number of rotatable bonds is 8. The van der Waals surface area contributed by atoms with Crippen molar-refractivity contribution < 1.29 is 33.4 Å². The van der Waals surface area contributed by atoms with Crippen LogP contribution < -0.4 is 15.8 Å². The van der Waals surface area contributed by atoms with E-state index in [1.54, 1.807) is 39.0 Å². The van der Waals surface area contributed by atoms with E-state index in [2.05, 4.69) is 5.32 Å². The van der Waals surface area contributed by atoms with Gasteiger partial charge in [-0.1, -0.05) is 0 Å². The molecule has 3 rings (SSSR count). The molecule has 1 atom stereocenters. The van der Waals surface area contributed by atoms with E-state index in [1.807, 2.05) is 20.8 Å². The zero-order valence-corrected chi connectivity index (χ0v) is 21.9. The van der Waals surface area contributed by atoms with Gasteiger partial charge in [0.15, 0.2) is 0 Å². The van der Waals surface area contributed by atoms with Crippen LogP contribution in [0.1, 0.15) is 83.1 Å². The molecule has 1 aromatic rings. The van der Waals surface area contributed by atoms with Gasteiger partial charge in [0.2, 0.25) is 5.91 Å². The minimum absolute atomic E-state index is 0.0161. The Morgan fingerprint density at radius 3 is 2.31 bits per heavy atom. The number of nitrogens with zero attached hydrogens (tertiary/aromatic N) is 1. The van der Waals surface area contributed by atoms with Crippen LogP contribution in [0.25, 0.3) is 0 Å². The van der Waals surface area contributed by atoms with E-state index in [0.29, 0.717) is 24.2 Å². The Hall–Kier alpha value is -3.30. The van der Waals surface area contributed by atoms with Crippen molar-refractivity contribution >= 4 is 23.9 Å². The third kappa shape index (κ3) is 7.35. The Balaban J connectivity index is 1.55. The molecule has 0 aromatic heterocycles. The van der Waals surface area contributed by atoms with Gasteiger partial charge in [0, 0.05) is 37.4 Å². The zero-order chi connectivity index (χ0) is 26.8. The Kier molecular flexibility index (Phi) is 7.85. The van der Waals surface area contributed by atoms with Crippen molar-refractivity contribution in [1.29, 1.82) is 0 Å². The molecule has 3 amide bonds. The van der Waals surface area contributed by atoms with Gasteiger partial charge in [-0.15, -0.1) is 0 Å². The average Bonchev–Trinajstić information content (AvgIpc) is 2.99. The third-order valence-corrected chi connectivity index (χ3v) is 5.77. The number of carbonyl (C=O) groups is 4. The second-order valence-corrected chi connectivity index (χ2v) is 11.3. The highest BCUT2D eigenvalue weighted by Gasteiger charge is 2.37. The maximum Gasteiger partial charge on any atom is 0.407 e. The van der Waals surface area contributed by atoms with Crippen LogP contribution in [-0.2, 0) is 25.6 Å². The van der Waals surface area contributed by atoms with Crippen LogP contribution in [0.2, 0.25) is 0 Å². The number of alkyl carbamates (subject to hydrolysis) is 1. The van der Waals surface area contributed by atoms with Gasteiger partial charge in [0.25, 0.3) is 5.91 Å². The number of benzene rings is 1. The maximum absolute atomic E-state index is 13.0. The minimum atomic E-state index is -0.923. The zero-order valence-electron chi connectivity index (χ0n) is 21.9. The summed E-state index contributed by atoms with van der Waals surface area (Å²) < 4.78 is 16.6. The smallest absolute Gasteiger partial charge is 0.407 e. The highest BCUT2D eigenvalue weighted by atomic mass is 16.6. The fourth-order valence-corrected chi connectivity index (χ4v) is 4.19. The van der Waals surface area contributed by atoms with Gasteiger partial charge in [-0.05, 0) is 71.7 Å². The average molecular weight is 504 g/mol. The molecule has 1 fully saturated rings. The lowest BCUT2D eigenvalue weighted by Gasteiger charge is -2.36. The molecule has 1 aliphatic heterocycles. The number of ether oxygens (including phenoxy) is 3. The molecule has 1 heterocycles. The predicted octanol–water partition coefficient (Wildman–Crippen LogP) is 3.05. The van der Waals surface area contributed by atoms with E-state index >= 15 is 0 Å². The summed E-state index contributed by atoms with van der Waals surface area (Å²) in [7, 11) is 0. The van der Waals surface area contributed by atoms with E-state index in [4.69, 9.17) is 19.9 Å². The summed E-state index contributed by atoms with van der Waals surface area (Å²) in [5, 5.41) is 2.83. The number of primary amides is 1. The van der Waals surface area contributed by atoms with Crippen molar-refractivity contribution in [2.75, 3.05) is 0 Å². The van der Waals surface area contributed by atoms with Gasteiger partial charge in [-0.2, -0.15) is 0 Å². The second kappa shape index (κ2) is 10.4. The van der Waals surface area contributed by atoms with E-state index in [0.717, 1.165) is 5.56 Å². The summed E-state index contributed by atoms with van der Waals surface area (Å²) >= 11 is 0. The minimum Gasteiger partial charge on any atom is -0.490 e. The van der Waals surface area contributed by atoms with Crippen LogP contribution in [0.3, 0.4) is 0 Å². The standard InChI is InChI=1S/C26H37N3O7/c1-25(2,3)35-21(30)10-9-20(22(27)31)29-14-15-11-17(7-8-19(15)23(29)32)34-18-12-16(13-18)28-24(33)36-26(4,5)6/h7-8,11,16,18,20H,9-10,12-14H2,1-6H3,(H2,27,31)(H,28,33). The molecular formula is C26H37N3O7. The normalized spacial score (nSPS) is 20.2. The molecule has 10 nitrogen and oxygen atoms in total. The number of amides is 3. The molecule has 1 aromatic carbocycles. The molecular weight excluding hydrogens is 466 g/mol. The van der Waals surface area contributed by atoms with Gasteiger partial charge >= 0.3 is 12.1 Å². The first-order valence-corrected chi connectivity index (χ1v) is 12.2. The van der Waals surface area contributed by atoms with Crippen LogP contribution in [0.4, 0.5) is 4.79 Å². The van der Waals surface area contributed by atoms with Crippen LogP contribution >= 0.6 is 0 Å². The Morgan fingerprint density at radius 1 is 1.08 bits per heavy atom. The summed E-state index contributed by atoms with van der Waals surface area (Å²) in [5.74, 6) is -0.828. The van der Waals surface area contributed by atoms with Gasteiger partial charge < -0.3 is 30.2 Å². The number of carbonyl (C=O) groups excluding carboxylic acids is 4. The monoisotopic (exact) mass is 503 g/mol. The number of fused-ring (bicyclic) bond motifs is 1. The van der Waals surface area contributed by atoms with Crippen LogP contribution in [0, 0.1) is 0 Å². The molecule has 0 radical (unpaired) electrons. The van der Waals surface area contributed by atoms with Crippen LogP contribution in [0.5, 0.6) is 5.75 Å². The first-order chi connectivity index (χ1) is 16.6. The number of hydrogen-bond donors (Lipinski definition) is 2. The highest BCUT2D eigenvalue weighted by molar-refractivity contribution is 6.01. The van der Waals surface area contributed by atoms with Crippen molar-refractivity contribution in [2.24, 2.45) is 5.73 Å². The third-order valence-electron chi connectivity index (χ3n) is 5.77. The topological polar surface area (TPSA) is 137 Å². The maximum atomic E-state index is 13.0. The van der Waals surface area contributed by atoms with Crippen molar-refractivity contribution in [2.45, 2.75) is 103 Å². The number of nitrogens with two attached hydrogens (primary N) is 1. The van der Waals surface area contributed by atoms with Crippen molar-refractivity contribution in [3.8, 4) is 5.75 Å². The summed E-state index contributed by atoms with van der Waals surface area (Å²) in [4.78, 5) is 50.5. The molecule has 1 unspecified atom stereocenters. The summed E-state index contributed by atoms with van der Waals surface area (Å²) in [6, 6.07) is 4.24. The molecule has 1 saturated carbocycles. The van der Waals surface area contributed by atoms with Gasteiger partial charge in [-0.25, -0.2) is 4.79 Å². The Bertz CT molecular complexity index is 1020. The van der Waals surface area contributed by atoms with E-state index < -0.39 is 35.2 Å². The molecule has 1 aliphatic carbocycles. The fraction of sp³-hybridized carbons (Fsp3) is 0.615. The van der Waals surface area contributed by atoms with Gasteiger partial charge in [-0.3, -0.25) is 14.4 Å². The largest absolute Gasteiger partial charge is 0.490 e. The Labute approximate surface area is 211 Å². The quantitative estimate of drug-likeness (QED) is 0.520. The van der Waals surface area contributed by atoms with Crippen molar-refractivity contribution in [1.82, 2.24) is 10.2 Å². The molecule has 36 heavy (non-hydrogen) atoms. The first-order valence-electron chi connectivity index (χ1n) is 12.2.